The van der Waals surface area contributed by atoms with Crippen LogP contribution in [0.3, 0.4) is 0 Å². The number of esters is 1. The fraction of sp³-hybridized carbons (Fsp3) is 0.579. The first kappa shape index (κ1) is 16.4. The van der Waals surface area contributed by atoms with E-state index < -0.39 is 0 Å². The SMILES string of the molecule is COC(=O)C12CC(N3CCN(C(=O)OCc4ccccc4)CC3)(C1)C2. The number of nitrogens with zero attached hydrogens (tertiary/aromatic N) is 2. The van der Waals surface area contributed by atoms with E-state index in [0.717, 1.165) is 37.9 Å². The number of carbonyl (C=O) groups is 2. The molecule has 1 aliphatic heterocycles. The maximum atomic E-state index is 12.2. The highest BCUT2D eigenvalue weighted by Crippen LogP contribution is 2.70. The van der Waals surface area contributed by atoms with E-state index >= 15 is 0 Å². The van der Waals surface area contributed by atoms with Crippen LogP contribution in [0.1, 0.15) is 24.8 Å². The summed E-state index contributed by atoms with van der Waals surface area (Å²) in [6.45, 7) is 3.36. The summed E-state index contributed by atoms with van der Waals surface area (Å²) in [4.78, 5) is 28.2. The Morgan fingerprint density at radius 3 is 2.28 bits per heavy atom. The second-order valence-electron chi connectivity index (χ2n) is 7.54. The van der Waals surface area contributed by atoms with E-state index in [-0.39, 0.29) is 23.0 Å². The van der Waals surface area contributed by atoms with Gasteiger partial charge in [0.2, 0.25) is 0 Å². The molecule has 25 heavy (non-hydrogen) atoms. The second-order valence-corrected chi connectivity index (χ2v) is 7.54. The number of piperazine rings is 1. The first-order valence-electron chi connectivity index (χ1n) is 8.86. The molecule has 0 spiro atoms. The fourth-order valence-corrected chi connectivity index (χ4v) is 4.68. The summed E-state index contributed by atoms with van der Waals surface area (Å²) in [5, 5.41) is 0. The van der Waals surface area contributed by atoms with Crippen LogP contribution in [0.15, 0.2) is 30.3 Å². The highest BCUT2D eigenvalue weighted by atomic mass is 16.6. The van der Waals surface area contributed by atoms with Crippen LogP contribution in [0, 0.1) is 5.41 Å². The van der Waals surface area contributed by atoms with Gasteiger partial charge in [-0.25, -0.2) is 4.79 Å². The van der Waals surface area contributed by atoms with Crippen molar-refractivity contribution in [3.8, 4) is 0 Å². The predicted octanol–water partition coefficient (Wildman–Crippen LogP) is 2.04. The Kier molecular flexibility index (Phi) is 3.95. The zero-order valence-electron chi connectivity index (χ0n) is 14.6. The van der Waals surface area contributed by atoms with E-state index in [9.17, 15) is 9.59 Å². The minimum atomic E-state index is -0.243. The van der Waals surface area contributed by atoms with Gasteiger partial charge in [-0.15, -0.1) is 0 Å². The van der Waals surface area contributed by atoms with Gasteiger partial charge in [0.1, 0.15) is 6.61 Å². The van der Waals surface area contributed by atoms with Crippen LogP contribution >= 0.6 is 0 Å². The predicted molar refractivity (Wildman–Crippen MR) is 90.8 cm³/mol. The third kappa shape index (κ3) is 2.68. The summed E-state index contributed by atoms with van der Waals surface area (Å²) in [7, 11) is 1.47. The van der Waals surface area contributed by atoms with Gasteiger partial charge in [-0.3, -0.25) is 9.69 Å². The Morgan fingerprint density at radius 2 is 1.68 bits per heavy atom. The van der Waals surface area contributed by atoms with E-state index in [1.165, 1.54) is 7.11 Å². The molecular weight excluding hydrogens is 320 g/mol. The van der Waals surface area contributed by atoms with Gasteiger partial charge >= 0.3 is 12.1 Å². The number of methoxy groups -OCH3 is 1. The zero-order valence-corrected chi connectivity index (χ0v) is 14.6. The van der Waals surface area contributed by atoms with Crippen molar-refractivity contribution >= 4 is 12.1 Å². The van der Waals surface area contributed by atoms with Crippen molar-refractivity contribution in [2.24, 2.45) is 5.41 Å². The molecule has 1 amide bonds. The lowest BCUT2D eigenvalue weighted by molar-refractivity contribution is -0.237. The second kappa shape index (κ2) is 6.02. The Morgan fingerprint density at radius 1 is 1.04 bits per heavy atom. The molecule has 0 aromatic heterocycles. The van der Waals surface area contributed by atoms with Crippen molar-refractivity contribution in [3.63, 3.8) is 0 Å². The molecule has 0 unspecified atom stereocenters. The highest BCUT2D eigenvalue weighted by molar-refractivity contribution is 5.82. The maximum Gasteiger partial charge on any atom is 0.410 e. The molecule has 1 aromatic carbocycles. The van der Waals surface area contributed by atoms with Crippen LogP contribution in [-0.4, -0.2) is 60.7 Å². The number of ether oxygens (including phenoxy) is 2. The number of amides is 1. The minimum Gasteiger partial charge on any atom is -0.469 e. The first-order chi connectivity index (χ1) is 12.1. The van der Waals surface area contributed by atoms with Crippen LogP contribution in [0.2, 0.25) is 0 Å². The van der Waals surface area contributed by atoms with Gasteiger partial charge in [0.05, 0.1) is 12.5 Å². The highest BCUT2D eigenvalue weighted by Gasteiger charge is 2.74. The summed E-state index contributed by atoms with van der Waals surface area (Å²) < 4.78 is 10.3. The Hall–Kier alpha value is -2.08. The van der Waals surface area contributed by atoms with E-state index in [1.807, 2.05) is 30.3 Å². The fourth-order valence-electron chi connectivity index (χ4n) is 4.68. The molecule has 6 nitrogen and oxygen atoms in total. The Labute approximate surface area is 147 Å². The molecule has 4 fully saturated rings. The number of benzene rings is 1. The van der Waals surface area contributed by atoms with Crippen molar-refractivity contribution < 1.29 is 19.1 Å². The van der Waals surface area contributed by atoms with Gasteiger partial charge in [-0.2, -0.15) is 0 Å². The molecule has 134 valence electrons. The standard InChI is InChI=1S/C19H24N2O4/c1-24-16(22)18-12-19(13-18,14-18)21-9-7-20(8-10-21)17(23)25-11-15-5-3-2-4-6-15/h2-6H,7-14H2,1H3. The lowest BCUT2D eigenvalue weighted by Gasteiger charge is -2.72. The molecule has 1 aromatic rings. The van der Waals surface area contributed by atoms with Gasteiger partial charge in [0.15, 0.2) is 0 Å². The lowest BCUT2D eigenvalue weighted by Crippen LogP contribution is -2.78. The molecule has 6 heteroatoms. The van der Waals surface area contributed by atoms with Gasteiger partial charge < -0.3 is 14.4 Å². The monoisotopic (exact) mass is 344 g/mol. The van der Waals surface area contributed by atoms with Crippen LogP contribution in [0.25, 0.3) is 0 Å². The smallest absolute Gasteiger partial charge is 0.410 e. The van der Waals surface area contributed by atoms with E-state index in [4.69, 9.17) is 9.47 Å². The van der Waals surface area contributed by atoms with Crippen molar-refractivity contribution in [1.29, 1.82) is 0 Å². The third-order valence-electron chi connectivity index (χ3n) is 6.03. The van der Waals surface area contributed by atoms with Crippen LogP contribution in [-0.2, 0) is 20.9 Å². The molecule has 1 heterocycles. The summed E-state index contributed by atoms with van der Waals surface area (Å²) in [6, 6.07) is 9.72. The minimum absolute atomic E-state index is 0.0579. The Bertz CT molecular complexity index is 647. The van der Waals surface area contributed by atoms with Crippen LogP contribution < -0.4 is 0 Å². The van der Waals surface area contributed by atoms with Gasteiger partial charge in [0, 0.05) is 31.7 Å². The number of rotatable bonds is 4. The lowest BCUT2D eigenvalue weighted by atomic mass is 9.38. The summed E-state index contributed by atoms with van der Waals surface area (Å²) in [5.74, 6) is -0.0579. The topological polar surface area (TPSA) is 59.1 Å². The van der Waals surface area contributed by atoms with E-state index in [1.54, 1.807) is 4.90 Å². The molecule has 2 bridgehead atoms. The van der Waals surface area contributed by atoms with Gasteiger partial charge in [0.25, 0.3) is 0 Å². The average molecular weight is 344 g/mol. The molecule has 0 radical (unpaired) electrons. The van der Waals surface area contributed by atoms with Crippen LogP contribution in [0.5, 0.6) is 0 Å². The summed E-state index contributed by atoms with van der Waals surface area (Å²) >= 11 is 0. The maximum absolute atomic E-state index is 12.2. The molecule has 5 rings (SSSR count). The molecule has 1 saturated heterocycles. The molecule has 0 N–H and O–H groups in total. The number of carbonyl (C=O) groups excluding carboxylic acids is 2. The average Bonchev–Trinajstić information content (AvgIpc) is 2.58. The molecule has 3 saturated carbocycles. The van der Waals surface area contributed by atoms with E-state index in [2.05, 4.69) is 4.90 Å². The number of hydrogen-bond donors (Lipinski definition) is 0. The van der Waals surface area contributed by atoms with Crippen LogP contribution in [0.4, 0.5) is 4.79 Å². The molecule has 4 aliphatic rings. The normalized spacial score (nSPS) is 30.8. The number of hydrogen-bond acceptors (Lipinski definition) is 5. The quantitative estimate of drug-likeness (QED) is 0.782. The summed E-state index contributed by atoms with van der Waals surface area (Å²) in [6.07, 6.45) is 2.48. The summed E-state index contributed by atoms with van der Waals surface area (Å²) in [5.41, 5.74) is 0.964. The Balaban J connectivity index is 1.23. The first-order valence-corrected chi connectivity index (χ1v) is 8.86. The van der Waals surface area contributed by atoms with Crippen molar-refractivity contribution in [2.45, 2.75) is 31.4 Å². The largest absolute Gasteiger partial charge is 0.469 e. The molecule has 0 atom stereocenters. The van der Waals surface area contributed by atoms with E-state index in [0.29, 0.717) is 19.7 Å². The van der Waals surface area contributed by atoms with Crippen molar-refractivity contribution in [2.75, 3.05) is 33.3 Å². The zero-order chi connectivity index (χ0) is 17.5. The van der Waals surface area contributed by atoms with Crippen molar-refractivity contribution in [3.05, 3.63) is 35.9 Å². The third-order valence-corrected chi connectivity index (χ3v) is 6.03. The van der Waals surface area contributed by atoms with Gasteiger partial charge in [-0.05, 0) is 24.8 Å². The molecule has 3 aliphatic carbocycles. The van der Waals surface area contributed by atoms with Gasteiger partial charge in [-0.1, -0.05) is 30.3 Å². The molecular formula is C19H24N2O4. The van der Waals surface area contributed by atoms with Crippen molar-refractivity contribution in [1.82, 2.24) is 9.80 Å².